The maximum absolute atomic E-state index is 11.9. The molecule has 1 fully saturated rings. The van der Waals surface area contributed by atoms with Gasteiger partial charge in [-0.2, -0.15) is 0 Å². The van der Waals surface area contributed by atoms with Gasteiger partial charge < -0.3 is 35.2 Å². The smallest absolute Gasteiger partial charge is 0.462 e. The van der Waals surface area contributed by atoms with Gasteiger partial charge in [-0.25, -0.2) is 9.36 Å². The number of carbonyl (C=O) groups excluding carboxylic acids is 2. The van der Waals surface area contributed by atoms with Crippen molar-refractivity contribution in [3.63, 3.8) is 0 Å². The average molecular weight is 600 g/mol. The molecule has 2 rings (SSSR count). The number of phosphoric acid groups is 1. The van der Waals surface area contributed by atoms with E-state index in [1.165, 1.54) is 24.3 Å². The molecule has 0 unspecified atom stereocenters. The van der Waals surface area contributed by atoms with Crippen molar-refractivity contribution in [3.05, 3.63) is 48.6 Å². The first-order valence-corrected chi connectivity index (χ1v) is 15.8. The Morgan fingerprint density at radius 2 is 2.00 bits per heavy atom. The Morgan fingerprint density at radius 1 is 1.27 bits per heavy atom. The summed E-state index contributed by atoms with van der Waals surface area (Å²) in [5.41, 5.74) is 3.72. The molecule has 0 aromatic rings. The zero-order chi connectivity index (χ0) is 30.6. The number of carbonyl (C=O) groups is 2. The number of esters is 2. The van der Waals surface area contributed by atoms with Crippen molar-refractivity contribution in [2.45, 2.75) is 95.7 Å². The van der Waals surface area contributed by atoms with E-state index < -0.39 is 37.7 Å². The number of hydrogen-bond acceptors (Lipinski definition) is 9. The molecule has 0 aromatic heterocycles. The molecule has 0 bridgehead atoms. The van der Waals surface area contributed by atoms with Gasteiger partial charge >= 0.3 is 19.8 Å². The third-order valence-corrected chi connectivity index (χ3v) is 7.80. The van der Waals surface area contributed by atoms with Gasteiger partial charge in [0.25, 0.3) is 0 Å². The highest BCUT2D eigenvalue weighted by Crippen LogP contribution is 2.42. The maximum Gasteiger partial charge on any atom is 0.469 e. The fourth-order valence-corrected chi connectivity index (χ4v) is 5.55. The number of rotatable bonds is 15. The Labute approximate surface area is 242 Å². The molecular weight excluding hydrogens is 553 g/mol. The minimum Gasteiger partial charge on any atom is -0.462 e. The summed E-state index contributed by atoms with van der Waals surface area (Å²) in [4.78, 5) is 42.7. The summed E-state index contributed by atoms with van der Waals surface area (Å²) in [6.45, 7) is 5.46. The van der Waals surface area contributed by atoms with Gasteiger partial charge in [-0.05, 0) is 57.1 Å². The van der Waals surface area contributed by atoms with E-state index in [4.69, 9.17) is 19.7 Å². The molecule has 7 atom stereocenters. The van der Waals surface area contributed by atoms with Crippen molar-refractivity contribution in [2.75, 3.05) is 6.54 Å². The van der Waals surface area contributed by atoms with E-state index in [2.05, 4.69) is 0 Å². The lowest BCUT2D eigenvalue weighted by Gasteiger charge is -2.35. The highest BCUT2D eigenvalue weighted by atomic mass is 31.2. The zero-order valence-electron chi connectivity index (χ0n) is 24.1. The van der Waals surface area contributed by atoms with E-state index in [1.54, 1.807) is 32.1 Å². The first-order chi connectivity index (χ1) is 19.3. The second kappa shape index (κ2) is 16.5. The molecule has 12 heteroatoms. The van der Waals surface area contributed by atoms with Crippen LogP contribution in [0.2, 0.25) is 0 Å². The Hall–Kier alpha value is -2.11. The topological polar surface area (TPSA) is 186 Å². The first-order valence-electron chi connectivity index (χ1n) is 14.2. The van der Waals surface area contributed by atoms with E-state index in [0.717, 1.165) is 19.3 Å². The quantitative estimate of drug-likeness (QED) is 0.0805. The van der Waals surface area contributed by atoms with E-state index in [0.29, 0.717) is 12.8 Å². The Kier molecular flexibility index (Phi) is 14.1. The van der Waals surface area contributed by atoms with E-state index >= 15 is 0 Å². The number of aliphatic hydroxyl groups excluding tert-OH is 1. The van der Waals surface area contributed by atoms with Crippen LogP contribution in [0.15, 0.2) is 48.6 Å². The van der Waals surface area contributed by atoms with Gasteiger partial charge in [0.2, 0.25) is 0 Å². The largest absolute Gasteiger partial charge is 0.469 e. The standard InChI is InChI=1S/C29H46NO10P/c1-4-22-12-13-27(32)39-25(22)14-15-29(34,16-17-30)26(40-41(35,36)37)19-23(31)10-6-5-8-21-9-7-11-24(18-21)38-28(33)20(2)3/h5-6,8,10,12-15,20-26,31,34H,4,7,9,11,16-19,30H2,1-3H3,(H2,35,36,37)/b8-5-,10-6-,15-14+/t21-,22+,23+,24+,25+,26-,29+/m1/s1. The second-order valence-corrected chi connectivity index (χ2v) is 12.2. The molecule has 2 aliphatic rings. The molecule has 0 amide bonds. The molecule has 1 heterocycles. The van der Waals surface area contributed by atoms with Crippen LogP contribution in [0.3, 0.4) is 0 Å². The summed E-state index contributed by atoms with van der Waals surface area (Å²) in [5, 5.41) is 22.1. The van der Waals surface area contributed by atoms with Crippen LogP contribution in [0.1, 0.15) is 65.7 Å². The molecule has 232 valence electrons. The molecule has 1 saturated carbocycles. The minimum absolute atomic E-state index is 0.0487. The van der Waals surface area contributed by atoms with Gasteiger partial charge in [-0.3, -0.25) is 9.32 Å². The van der Waals surface area contributed by atoms with Gasteiger partial charge in [0.1, 0.15) is 23.9 Å². The van der Waals surface area contributed by atoms with Gasteiger partial charge in [-0.1, -0.05) is 57.2 Å². The Morgan fingerprint density at radius 3 is 2.63 bits per heavy atom. The van der Waals surface area contributed by atoms with Crippen LogP contribution in [0.5, 0.6) is 0 Å². The zero-order valence-corrected chi connectivity index (χ0v) is 25.0. The van der Waals surface area contributed by atoms with E-state index in [1.807, 2.05) is 13.0 Å². The minimum atomic E-state index is -5.07. The number of aliphatic hydroxyl groups is 2. The van der Waals surface area contributed by atoms with Crippen LogP contribution < -0.4 is 5.73 Å². The fourth-order valence-electron chi connectivity index (χ4n) is 4.95. The van der Waals surface area contributed by atoms with Crippen molar-refractivity contribution in [2.24, 2.45) is 23.5 Å². The van der Waals surface area contributed by atoms with Crippen LogP contribution in [0, 0.1) is 17.8 Å². The number of ether oxygens (including phenoxy) is 2. The molecule has 0 spiro atoms. The van der Waals surface area contributed by atoms with Crippen molar-refractivity contribution >= 4 is 19.8 Å². The van der Waals surface area contributed by atoms with Crippen LogP contribution in [0.25, 0.3) is 0 Å². The van der Waals surface area contributed by atoms with Crippen LogP contribution in [-0.4, -0.2) is 68.5 Å². The van der Waals surface area contributed by atoms with Crippen molar-refractivity contribution in [1.82, 2.24) is 0 Å². The Balaban J connectivity index is 2.10. The number of phosphoric ester groups is 1. The summed E-state index contributed by atoms with van der Waals surface area (Å²) >= 11 is 0. The highest BCUT2D eigenvalue weighted by molar-refractivity contribution is 7.46. The van der Waals surface area contributed by atoms with Crippen molar-refractivity contribution < 1.29 is 48.2 Å². The molecule has 0 saturated heterocycles. The van der Waals surface area contributed by atoms with Crippen LogP contribution >= 0.6 is 7.82 Å². The average Bonchev–Trinajstić information content (AvgIpc) is 2.89. The van der Waals surface area contributed by atoms with Crippen molar-refractivity contribution in [1.29, 1.82) is 0 Å². The molecule has 1 aliphatic carbocycles. The van der Waals surface area contributed by atoms with Gasteiger partial charge in [0, 0.05) is 18.4 Å². The highest BCUT2D eigenvalue weighted by Gasteiger charge is 2.40. The summed E-state index contributed by atoms with van der Waals surface area (Å²) < 4.78 is 27.6. The van der Waals surface area contributed by atoms with Gasteiger partial charge in [0.05, 0.1) is 12.0 Å². The second-order valence-electron chi connectivity index (χ2n) is 11.0. The summed E-state index contributed by atoms with van der Waals surface area (Å²) in [5.74, 6) is -0.863. The summed E-state index contributed by atoms with van der Waals surface area (Å²) in [6, 6.07) is 0. The predicted octanol–water partition coefficient (Wildman–Crippen LogP) is 3.23. The molecular formula is C29H46NO10P. The summed E-state index contributed by atoms with van der Waals surface area (Å²) in [7, 11) is -5.07. The van der Waals surface area contributed by atoms with Gasteiger partial charge in [-0.15, -0.1) is 0 Å². The summed E-state index contributed by atoms with van der Waals surface area (Å²) in [6.07, 6.45) is 12.6. The maximum atomic E-state index is 11.9. The fraction of sp³-hybridized carbons (Fsp3) is 0.655. The third-order valence-electron chi connectivity index (χ3n) is 7.27. The number of hydrogen-bond donors (Lipinski definition) is 5. The number of allylic oxidation sites excluding steroid dienone is 3. The van der Waals surface area contributed by atoms with Gasteiger partial charge in [0.15, 0.2) is 0 Å². The predicted molar refractivity (Wildman–Crippen MR) is 153 cm³/mol. The van der Waals surface area contributed by atoms with E-state index in [9.17, 15) is 34.2 Å². The third kappa shape index (κ3) is 12.3. The Bertz CT molecular complexity index is 1020. The molecule has 41 heavy (non-hydrogen) atoms. The lowest BCUT2D eigenvalue weighted by molar-refractivity contribution is -0.154. The molecule has 1 aliphatic heterocycles. The monoisotopic (exact) mass is 599 g/mol. The number of cyclic esters (lactones) is 1. The van der Waals surface area contributed by atoms with E-state index in [-0.39, 0.29) is 49.2 Å². The lowest BCUT2D eigenvalue weighted by atomic mass is 9.86. The first kappa shape index (κ1) is 35.1. The molecule has 0 aromatic carbocycles. The molecule has 11 nitrogen and oxygen atoms in total. The SMILES string of the molecule is CC[C@H]1C=CC(=O)O[C@H]1/C=C/[C@](O)(CCN)[C@@H](C[C@@H](O)/C=C\C=C/[C@@H]1CCC[C@H](OC(=O)C(C)C)C1)OP(=O)(O)O. The molecule has 0 radical (unpaired) electrons. The lowest BCUT2D eigenvalue weighted by Crippen LogP contribution is -2.45. The van der Waals surface area contributed by atoms with Crippen molar-refractivity contribution in [3.8, 4) is 0 Å². The number of nitrogens with two attached hydrogens (primary N) is 1. The normalized spacial score (nSPS) is 26.9. The van der Waals surface area contributed by atoms with Crippen LogP contribution in [0.4, 0.5) is 0 Å². The van der Waals surface area contributed by atoms with Crippen LogP contribution in [-0.2, 0) is 28.2 Å². The molecule has 6 N–H and O–H groups in total.